The molecule has 0 N–H and O–H groups in total. The van der Waals surface area contributed by atoms with Crippen LogP contribution in [-0.4, -0.2) is 49.9 Å². The number of carbonyl (C=O) groups excluding carboxylic acids is 1. The van der Waals surface area contributed by atoms with Crippen molar-refractivity contribution in [2.75, 3.05) is 34.2 Å². The lowest BCUT2D eigenvalue weighted by Gasteiger charge is -2.19. The average Bonchev–Trinajstić information content (AvgIpc) is 2.31. The van der Waals surface area contributed by atoms with Crippen molar-refractivity contribution in [3.05, 3.63) is 33.8 Å². The molecule has 0 saturated carbocycles. The summed E-state index contributed by atoms with van der Waals surface area (Å²) in [5, 5.41) is 0. The van der Waals surface area contributed by atoms with Crippen LogP contribution in [0, 0.1) is 6.92 Å². The third kappa shape index (κ3) is 4.10. The molecule has 0 heterocycles. The Morgan fingerprint density at radius 2 is 1.89 bits per heavy atom. The van der Waals surface area contributed by atoms with Crippen LogP contribution in [0.2, 0.25) is 0 Å². The van der Waals surface area contributed by atoms with Crippen LogP contribution in [0.3, 0.4) is 0 Å². The molecule has 0 spiro atoms. The molecule has 0 atom stereocenters. The minimum absolute atomic E-state index is 0.0903. The highest BCUT2D eigenvalue weighted by Gasteiger charge is 2.14. The Kier molecular flexibility index (Phi) is 5.82. The number of halogens is 1. The second-order valence-electron chi connectivity index (χ2n) is 4.80. The number of hydrogen-bond donors (Lipinski definition) is 0. The molecule has 1 aromatic carbocycles. The maximum Gasteiger partial charge on any atom is 0.253 e. The maximum atomic E-state index is 12.3. The molecule has 0 aromatic heterocycles. The van der Waals surface area contributed by atoms with Crippen molar-refractivity contribution in [1.29, 1.82) is 0 Å². The molecular formula is C14H21BrN2O. The monoisotopic (exact) mass is 312 g/mol. The molecule has 0 aliphatic rings. The fourth-order valence-electron chi connectivity index (χ4n) is 1.77. The summed E-state index contributed by atoms with van der Waals surface area (Å²) in [6, 6.07) is 5.74. The predicted octanol–water partition coefficient (Wildman–Crippen LogP) is 2.78. The third-order valence-electron chi connectivity index (χ3n) is 2.94. The molecule has 3 nitrogen and oxygen atoms in total. The van der Waals surface area contributed by atoms with Gasteiger partial charge in [0.25, 0.3) is 5.91 Å². The Balaban J connectivity index is 2.66. The first-order valence-corrected chi connectivity index (χ1v) is 6.88. The van der Waals surface area contributed by atoms with E-state index in [-0.39, 0.29) is 5.91 Å². The molecule has 0 radical (unpaired) electrons. The Labute approximate surface area is 118 Å². The van der Waals surface area contributed by atoms with E-state index >= 15 is 0 Å². The van der Waals surface area contributed by atoms with E-state index in [1.165, 1.54) is 0 Å². The molecule has 0 fully saturated rings. The third-order valence-corrected chi connectivity index (χ3v) is 3.80. The summed E-state index contributed by atoms with van der Waals surface area (Å²) in [6.07, 6.45) is 0.988. The summed E-state index contributed by atoms with van der Waals surface area (Å²) < 4.78 is 0.982. The van der Waals surface area contributed by atoms with Gasteiger partial charge in [-0.05, 0) is 51.7 Å². The van der Waals surface area contributed by atoms with E-state index in [0.717, 1.165) is 35.1 Å². The van der Waals surface area contributed by atoms with Gasteiger partial charge in [-0.15, -0.1) is 0 Å². The van der Waals surface area contributed by atoms with Gasteiger partial charge < -0.3 is 9.80 Å². The maximum absolute atomic E-state index is 12.3. The number of amides is 1. The number of nitrogens with zero attached hydrogens (tertiary/aromatic N) is 2. The molecule has 0 saturated heterocycles. The van der Waals surface area contributed by atoms with E-state index in [4.69, 9.17) is 0 Å². The molecule has 4 heteroatoms. The van der Waals surface area contributed by atoms with Crippen molar-refractivity contribution in [1.82, 2.24) is 9.80 Å². The van der Waals surface area contributed by atoms with Crippen LogP contribution < -0.4 is 0 Å². The molecule has 100 valence electrons. The number of hydrogen-bond acceptors (Lipinski definition) is 2. The molecule has 0 bridgehead atoms. The zero-order chi connectivity index (χ0) is 13.7. The van der Waals surface area contributed by atoms with Crippen LogP contribution in [0.5, 0.6) is 0 Å². The van der Waals surface area contributed by atoms with Gasteiger partial charge in [0, 0.05) is 23.6 Å². The second-order valence-corrected chi connectivity index (χ2v) is 5.65. The van der Waals surface area contributed by atoms with Crippen LogP contribution in [-0.2, 0) is 0 Å². The summed E-state index contributed by atoms with van der Waals surface area (Å²) >= 11 is 3.46. The first kappa shape index (κ1) is 15.2. The summed E-state index contributed by atoms with van der Waals surface area (Å²) in [4.78, 5) is 16.2. The molecule has 0 aliphatic carbocycles. The SMILES string of the molecule is Cc1c(Br)cccc1C(=O)N(C)CCCN(C)C. The van der Waals surface area contributed by atoms with Crippen LogP contribution in [0.25, 0.3) is 0 Å². The van der Waals surface area contributed by atoms with Crippen molar-refractivity contribution in [3.8, 4) is 0 Å². The van der Waals surface area contributed by atoms with E-state index in [1.807, 2.05) is 46.3 Å². The second kappa shape index (κ2) is 6.90. The van der Waals surface area contributed by atoms with Crippen molar-refractivity contribution >= 4 is 21.8 Å². The smallest absolute Gasteiger partial charge is 0.253 e. The number of benzene rings is 1. The number of rotatable bonds is 5. The Morgan fingerprint density at radius 3 is 2.50 bits per heavy atom. The van der Waals surface area contributed by atoms with Gasteiger partial charge in [-0.2, -0.15) is 0 Å². The lowest BCUT2D eigenvalue weighted by atomic mass is 10.1. The highest BCUT2D eigenvalue weighted by Crippen LogP contribution is 2.20. The highest BCUT2D eigenvalue weighted by molar-refractivity contribution is 9.10. The lowest BCUT2D eigenvalue weighted by molar-refractivity contribution is 0.0790. The van der Waals surface area contributed by atoms with Gasteiger partial charge in [0.1, 0.15) is 0 Å². The van der Waals surface area contributed by atoms with Gasteiger partial charge in [-0.25, -0.2) is 0 Å². The molecule has 18 heavy (non-hydrogen) atoms. The summed E-state index contributed by atoms with van der Waals surface area (Å²) in [6.45, 7) is 3.74. The lowest BCUT2D eigenvalue weighted by Crippen LogP contribution is -2.30. The first-order valence-electron chi connectivity index (χ1n) is 6.08. The van der Waals surface area contributed by atoms with Crippen LogP contribution >= 0.6 is 15.9 Å². The fraction of sp³-hybridized carbons (Fsp3) is 0.500. The highest BCUT2D eigenvalue weighted by atomic mass is 79.9. The van der Waals surface area contributed by atoms with Gasteiger partial charge in [0.05, 0.1) is 0 Å². The summed E-state index contributed by atoms with van der Waals surface area (Å²) in [5.74, 6) is 0.0903. The zero-order valence-corrected chi connectivity index (χ0v) is 13.1. The minimum Gasteiger partial charge on any atom is -0.342 e. The molecule has 1 rings (SSSR count). The van der Waals surface area contributed by atoms with Crippen LogP contribution in [0.1, 0.15) is 22.3 Å². The summed E-state index contributed by atoms with van der Waals surface area (Å²) in [5.41, 5.74) is 1.78. The quantitative estimate of drug-likeness (QED) is 0.834. The fourth-order valence-corrected chi connectivity index (χ4v) is 2.14. The van der Waals surface area contributed by atoms with Gasteiger partial charge >= 0.3 is 0 Å². The van der Waals surface area contributed by atoms with Crippen LogP contribution in [0.4, 0.5) is 0 Å². The molecule has 0 aliphatic heterocycles. The largest absolute Gasteiger partial charge is 0.342 e. The molecule has 0 unspecified atom stereocenters. The standard InChI is InChI=1S/C14H21BrN2O/c1-11-12(7-5-8-13(11)15)14(18)17(4)10-6-9-16(2)3/h5,7-8H,6,9-10H2,1-4H3. The average molecular weight is 313 g/mol. The summed E-state index contributed by atoms with van der Waals surface area (Å²) in [7, 11) is 5.94. The topological polar surface area (TPSA) is 23.6 Å². The Bertz CT molecular complexity index is 418. The van der Waals surface area contributed by atoms with Crippen LogP contribution in [0.15, 0.2) is 22.7 Å². The Morgan fingerprint density at radius 1 is 1.22 bits per heavy atom. The normalized spacial score (nSPS) is 10.8. The zero-order valence-electron chi connectivity index (χ0n) is 11.5. The van der Waals surface area contributed by atoms with Crippen molar-refractivity contribution in [2.45, 2.75) is 13.3 Å². The van der Waals surface area contributed by atoms with Gasteiger partial charge in [0.15, 0.2) is 0 Å². The van der Waals surface area contributed by atoms with E-state index in [0.29, 0.717) is 0 Å². The first-order chi connectivity index (χ1) is 8.43. The van der Waals surface area contributed by atoms with Gasteiger partial charge in [-0.1, -0.05) is 22.0 Å². The van der Waals surface area contributed by atoms with E-state index < -0.39 is 0 Å². The molecular weight excluding hydrogens is 292 g/mol. The van der Waals surface area contributed by atoms with Crippen molar-refractivity contribution < 1.29 is 4.79 Å². The van der Waals surface area contributed by atoms with E-state index in [2.05, 4.69) is 20.8 Å². The van der Waals surface area contributed by atoms with Crippen molar-refractivity contribution in [3.63, 3.8) is 0 Å². The van der Waals surface area contributed by atoms with Crippen molar-refractivity contribution in [2.24, 2.45) is 0 Å². The van der Waals surface area contributed by atoms with Gasteiger partial charge in [-0.3, -0.25) is 4.79 Å². The molecule has 1 amide bonds. The molecule has 1 aromatic rings. The van der Waals surface area contributed by atoms with Gasteiger partial charge in [0.2, 0.25) is 0 Å². The van der Waals surface area contributed by atoms with E-state index in [9.17, 15) is 4.79 Å². The number of carbonyl (C=O) groups is 1. The Hall–Kier alpha value is -0.870. The minimum atomic E-state index is 0.0903. The predicted molar refractivity (Wildman–Crippen MR) is 79.0 cm³/mol. The van der Waals surface area contributed by atoms with E-state index in [1.54, 1.807) is 4.90 Å².